The number of hydrogen-bond donors (Lipinski definition) is 2. The third-order valence-corrected chi connectivity index (χ3v) is 1.58. The van der Waals surface area contributed by atoms with Crippen LogP contribution >= 0.6 is 0 Å². The smallest absolute Gasteiger partial charge is 0.338 e. The van der Waals surface area contributed by atoms with Gasteiger partial charge in [0.2, 0.25) is 0 Å². The lowest BCUT2D eigenvalue weighted by Crippen LogP contribution is -2.03. The number of anilines is 1. The lowest BCUT2D eigenvalue weighted by Gasteiger charge is -2.04. The van der Waals surface area contributed by atoms with E-state index in [0.717, 1.165) is 6.07 Å². The zero-order valence-electron chi connectivity index (χ0n) is 7.17. The number of benzene rings is 1. The van der Waals surface area contributed by atoms with Gasteiger partial charge in [0, 0.05) is 12.2 Å². The van der Waals surface area contributed by atoms with E-state index < -0.39 is 11.8 Å². The van der Waals surface area contributed by atoms with Crippen molar-refractivity contribution < 1.29 is 14.3 Å². The predicted molar refractivity (Wildman–Crippen MR) is 47.5 cm³/mol. The molecule has 0 bridgehead atoms. The quantitative estimate of drug-likeness (QED) is 0.753. The van der Waals surface area contributed by atoms with Gasteiger partial charge in [0.25, 0.3) is 0 Å². The maximum atomic E-state index is 12.9. The molecule has 0 spiro atoms. The van der Waals surface area contributed by atoms with Crippen LogP contribution in [0.3, 0.4) is 0 Å². The van der Waals surface area contributed by atoms with Gasteiger partial charge in [-0.3, -0.25) is 0 Å². The normalized spacial score (nSPS) is 9.69. The van der Waals surface area contributed by atoms with Crippen molar-refractivity contribution in [2.45, 2.75) is 6.92 Å². The van der Waals surface area contributed by atoms with Crippen molar-refractivity contribution in [1.29, 1.82) is 0 Å². The van der Waals surface area contributed by atoms with E-state index in [1.54, 1.807) is 0 Å². The molecule has 2 N–H and O–H groups in total. The summed E-state index contributed by atoms with van der Waals surface area (Å²) in [6.07, 6.45) is 0. The van der Waals surface area contributed by atoms with E-state index in [-0.39, 0.29) is 5.56 Å². The van der Waals surface area contributed by atoms with Gasteiger partial charge >= 0.3 is 5.97 Å². The molecule has 0 aliphatic heterocycles. The molecule has 0 aromatic heterocycles. The molecule has 0 aliphatic rings. The summed E-state index contributed by atoms with van der Waals surface area (Å²) in [5.74, 6) is -1.97. The van der Waals surface area contributed by atoms with E-state index in [9.17, 15) is 9.18 Å². The third kappa shape index (κ3) is 2.18. The maximum absolute atomic E-state index is 12.9. The lowest BCUT2D eigenvalue weighted by molar-refractivity contribution is 0.0692. The van der Waals surface area contributed by atoms with Crippen LogP contribution in [0.1, 0.15) is 17.3 Å². The molecule has 0 saturated carbocycles. The van der Waals surface area contributed by atoms with Crippen LogP contribution in [0.15, 0.2) is 18.2 Å². The molecule has 0 fully saturated rings. The van der Waals surface area contributed by atoms with Crippen LogP contribution in [0.2, 0.25) is 0 Å². The van der Waals surface area contributed by atoms with Crippen molar-refractivity contribution in [3.05, 3.63) is 29.6 Å². The zero-order valence-corrected chi connectivity index (χ0v) is 7.17. The van der Waals surface area contributed by atoms with Crippen molar-refractivity contribution >= 4 is 11.7 Å². The second-order valence-corrected chi connectivity index (χ2v) is 2.53. The second-order valence-electron chi connectivity index (χ2n) is 2.53. The van der Waals surface area contributed by atoms with E-state index in [2.05, 4.69) is 5.32 Å². The van der Waals surface area contributed by atoms with Crippen molar-refractivity contribution in [2.75, 3.05) is 11.9 Å². The van der Waals surface area contributed by atoms with Crippen molar-refractivity contribution in [1.82, 2.24) is 0 Å². The molecule has 1 aromatic rings. The van der Waals surface area contributed by atoms with E-state index >= 15 is 0 Å². The summed E-state index contributed by atoms with van der Waals surface area (Å²) >= 11 is 0. The maximum Gasteiger partial charge on any atom is 0.338 e. The Bertz CT molecular complexity index is 325. The van der Waals surface area contributed by atoms with Crippen molar-refractivity contribution in [2.24, 2.45) is 0 Å². The van der Waals surface area contributed by atoms with Gasteiger partial charge in [-0.05, 0) is 25.1 Å². The fraction of sp³-hybridized carbons (Fsp3) is 0.222. The molecule has 0 aliphatic carbocycles. The Hall–Kier alpha value is -1.58. The molecule has 0 heterocycles. The topological polar surface area (TPSA) is 49.3 Å². The highest BCUT2D eigenvalue weighted by atomic mass is 19.1. The minimum atomic E-state index is -1.25. The number of halogens is 1. The Labute approximate surface area is 75.2 Å². The van der Waals surface area contributed by atoms with Gasteiger partial charge < -0.3 is 10.4 Å². The highest BCUT2D eigenvalue weighted by Gasteiger charge is 2.09. The molecular weight excluding hydrogens is 173 g/mol. The molecule has 0 atom stereocenters. The first-order chi connectivity index (χ1) is 6.15. The minimum absolute atomic E-state index is 0.307. The van der Waals surface area contributed by atoms with Gasteiger partial charge in [0.05, 0.1) is 5.56 Å². The number of rotatable bonds is 3. The van der Waals surface area contributed by atoms with Crippen LogP contribution in [0.4, 0.5) is 10.1 Å². The lowest BCUT2D eigenvalue weighted by atomic mass is 10.2. The molecule has 0 saturated heterocycles. The Kier molecular flexibility index (Phi) is 2.84. The summed E-state index contributed by atoms with van der Waals surface area (Å²) in [7, 11) is 0. The van der Waals surface area contributed by atoms with Crippen LogP contribution in [0.25, 0.3) is 0 Å². The number of nitrogens with one attached hydrogen (secondary N) is 1. The number of carbonyl (C=O) groups is 1. The van der Waals surface area contributed by atoms with E-state index in [4.69, 9.17) is 5.11 Å². The fourth-order valence-electron chi connectivity index (χ4n) is 1.00. The molecule has 70 valence electrons. The van der Waals surface area contributed by atoms with Crippen LogP contribution in [-0.4, -0.2) is 17.6 Å². The van der Waals surface area contributed by atoms with Crippen molar-refractivity contribution in [3.8, 4) is 0 Å². The summed E-state index contributed by atoms with van der Waals surface area (Å²) in [6.45, 7) is 2.55. The summed E-state index contributed by atoms with van der Waals surface area (Å²) in [4.78, 5) is 10.5. The summed E-state index contributed by atoms with van der Waals surface area (Å²) < 4.78 is 12.9. The van der Waals surface area contributed by atoms with Crippen LogP contribution in [0.5, 0.6) is 0 Å². The Morgan fingerprint density at radius 3 is 2.85 bits per heavy atom. The molecule has 3 nitrogen and oxygen atoms in total. The summed E-state index contributed by atoms with van der Waals surface area (Å²) in [5, 5.41) is 11.5. The Morgan fingerprint density at radius 2 is 2.31 bits per heavy atom. The summed E-state index contributed by atoms with van der Waals surface area (Å²) in [5.41, 5.74) is 0.305. The largest absolute Gasteiger partial charge is 0.478 e. The first-order valence-corrected chi connectivity index (χ1v) is 3.92. The van der Waals surface area contributed by atoms with Gasteiger partial charge in [0.15, 0.2) is 0 Å². The highest BCUT2D eigenvalue weighted by molar-refractivity contribution is 5.89. The Morgan fingerprint density at radius 1 is 1.62 bits per heavy atom. The van der Waals surface area contributed by atoms with Gasteiger partial charge in [-0.15, -0.1) is 0 Å². The minimum Gasteiger partial charge on any atom is -0.478 e. The van der Waals surface area contributed by atoms with Gasteiger partial charge in [-0.25, -0.2) is 9.18 Å². The molecule has 4 heteroatoms. The van der Waals surface area contributed by atoms with E-state index in [1.165, 1.54) is 12.1 Å². The molecule has 1 aromatic carbocycles. The number of carboxylic acids is 1. The first-order valence-electron chi connectivity index (χ1n) is 3.92. The average molecular weight is 183 g/mol. The summed E-state index contributed by atoms with van der Waals surface area (Å²) in [6, 6.07) is 3.92. The van der Waals surface area contributed by atoms with E-state index in [0.29, 0.717) is 12.2 Å². The predicted octanol–water partition coefficient (Wildman–Crippen LogP) is 1.96. The van der Waals surface area contributed by atoms with Gasteiger partial charge in [0.1, 0.15) is 5.82 Å². The van der Waals surface area contributed by atoms with Gasteiger partial charge in [-0.1, -0.05) is 0 Å². The second kappa shape index (κ2) is 3.89. The monoisotopic (exact) mass is 183 g/mol. The van der Waals surface area contributed by atoms with Crippen LogP contribution < -0.4 is 5.32 Å². The number of aromatic carboxylic acids is 1. The Balaban J connectivity index is 3.04. The molecule has 0 amide bonds. The van der Waals surface area contributed by atoms with Gasteiger partial charge in [-0.2, -0.15) is 0 Å². The standard InChI is InChI=1S/C9H10FNO2/c1-2-11-6-3-4-8(10)7(5-6)9(12)13/h3-5,11H,2H2,1H3,(H,12,13). The number of hydrogen-bond acceptors (Lipinski definition) is 2. The van der Waals surface area contributed by atoms with E-state index in [1.807, 2.05) is 6.92 Å². The first kappa shape index (κ1) is 9.51. The molecule has 1 rings (SSSR count). The molecular formula is C9H10FNO2. The fourth-order valence-corrected chi connectivity index (χ4v) is 1.00. The third-order valence-electron chi connectivity index (χ3n) is 1.58. The van der Waals surface area contributed by atoms with Crippen LogP contribution in [0, 0.1) is 5.82 Å². The highest BCUT2D eigenvalue weighted by Crippen LogP contribution is 2.14. The molecule has 13 heavy (non-hydrogen) atoms. The SMILES string of the molecule is CCNc1ccc(F)c(C(=O)O)c1. The van der Waals surface area contributed by atoms with Crippen molar-refractivity contribution in [3.63, 3.8) is 0 Å². The number of carboxylic acid groups (broad SMARTS) is 1. The molecule has 0 radical (unpaired) electrons. The average Bonchev–Trinajstić information content (AvgIpc) is 2.08. The zero-order chi connectivity index (χ0) is 9.84. The molecule has 0 unspecified atom stereocenters. The van der Waals surface area contributed by atoms with Crippen LogP contribution in [-0.2, 0) is 0 Å².